The van der Waals surface area contributed by atoms with Crippen LogP contribution in [0.2, 0.25) is 0 Å². The Kier molecular flexibility index (Phi) is 4.14. The lowest BCUT2D eigenvalue weighted by atomic mass is 9.91. The minimum Gasteiger partial charge on any atom is -0.303 e. The molecule has 1 unspecified atom stereocenters. The lowest BCUT2D eigenvalue weighted by Gasteiger charge is -2.27. The van der Waals surface area contributed by atoms with Crippen LogP contribution >= 0.6 is 0 Å². The molecule has 0 spiro atoms. The third-order valence-electron chi connectivity index (χ3n) is 3.56. The zero-order chi connectivity index (χ0) is 13.9. The number of anilines is 1. The van der Waals surface area contributed by atoms with Gasteiger partial charge < -0.3 is 5.32 Å². The highest BCUT2D eigenvalue weighted by molar-refractivity contribution is 5.97. The van der Waals surface area contributed by atoms with Crippen molar-refractivity contribution in [2.75, 3.05) is 11.9 Å². The maximum atomic E-state index is 12.5. The summed E-state index contributed by atoms with van der Waals surface area (Å²) in [5.41, 5.74) is 1.30. The Morgan fingerprint density at radius 1 is 1.42 bits per heavy atom. The van der Waals surface area contributed by atoms with Gasteiger partial charge >= 0.3 is 0 Å². The van der Waals surface area contributed by atoms with Gasteiger partial charge in [-0.1, -0.05) is 13.3 Å². The van der Waals surface area contributed by atoms with Crippen molar-refractivity contribution in [1.29, 1.82) is 0 Å². The smallest absolute Gasteiger partial charge is 0.247 e. The summed E-state index contributed by atoms with van der Waals surface area (Å²) in [4.78, 5) is 21.0. The van der Waals surface area contributed by atoms with Crippen molar-refractivity contribution >= 4 is 11.9 Å². The van der Waals surface area contributed by atoms with Gasteiger partial charge in [0.05, 0.1) is 5.54 Å². The quantitative estimate of drug-likeness (QED) is 0.870. The number of carbonyl (C=O) groups excluding carboxylic acids is 1. The van der Waals surface area contributed by atoms with E-state index in [2.05, 4.69) is 27.5 Å². The van der Waals surface area contributed by atoms with E-state index in [0.29, 0.717) is 5.95 Å². The van der Waals surface area contributed by atoms with E-state index in [9.17, 15) is 4.79 Å². The highest BCUT2D eigenvalue weighted by Gasteiger charge is 2.40. The Morgan fingerprint density at radius 2 is 2.11 bits per heavy atom. The Labute approximate surface area is 114 Å². The van der Waals surface area contributed by atoms with Crippen molar-refractivity contribution in [1.82, 2.24) is 15.3 Å². The number of hydrogen-bond donors (Lipinski definition) is 2. The van der Waals surface area contributed by atoms with Crippen LogP contribution in [0.3, 0.4) is 0 Å². The summed E-state index contributed by atoms with van der Waals surface area (Å²) < 4.78 is 0. The van der Waals surface area contributed by atoms with E-state index < -0.39 is 5.54 Å². The van der Waals surface area contributed by atoms with Crippen LogP contribution in [0.25, 0.3) is 0 Å². The number of amides is 1. The largest absolute Gasteiger partial charge is 0.303 e. The summed E-state index contributed by atoms with van der Waals surface area (Å²) in [5.74, 6) is 0.406. The molecule has 1 aliphatic rings. The number of hydrogen-bond acceptors (Lipinski definition) is 4. The van der Waals surface area contributed by atoms with E-state index in [4.69, 9.17) is 0 Å². The van der Waals surface area contributed by atoms with Crippen LogP contribution in [0.1, 0.15) is 44.0 Å². The SMILES string of the molecule is CCCC1(C(=O)Nc2nc(C)cc(C)n2)CCCN1. The molecule has 0 aromatic carbocycles. The van der Waals surface area contributed by atoms with Crippen molar-refractivity contribution in [3.63, 3.8) is 0 Å². The first-order chi connectivity index (χ1) is 9.05. The normalized spacial score (nSPS) is 22.5. The summed E-state index contributed by atoms with van der Waals surface area (Å²) in [6.45, 7) is 6.81. The Hall–Kier alpha value is -1.49. The van der Waals surface area contributed by atoms with Crippen LogP contribution in [0.15, 0.2) is 6.07 Å². The second kappa shape index (κ2) is 5.65. The van der Waals surface area contributed by atoms with Gasteiger partial charge in [0.2, 0.25) is 11.9 Å². The van der Waals surface area contributed by atoms with Crippen molar-refractivity contribution in [2.45, 2.75) is 52.0 Å². The van der Waals surface area contributed by atoms with Crippen molar-refractivity contribution in [3.05, 3.63) is 17.5 Å². The molecule has 1 aromatic rings. The van der Waals surface area contributed by atoms with Crippen molar-refractivity contribution in [2.24, 2.45) is 0 Å². The fourth-order valence-corrected chi connectivity index (χ4v) is 2.76. The van der Waals surface area contributed by atoms with Gasteiger partial charge in [-0.25, -0.2) is 9.97 Å². The van der Waals surface area contributed by atoms with Gasteiger partial charge in [0.25, 0.3) is 0 Å². The van der Waals surface area contributed by atoms with Crippen LogP contribution in [0.4, 0.5) is 5.95 Å². The molecule has 0 aliphatic carbocycles. The molecule has 0 bridgehead atoms. The molecule has 0 radical (unpaired) electrons. The molecular weight excluding hydrogens is 240 g/mol. The van der Waals surface area contributed by atoms with E-state index in [1.54, 1.807) is 0 Å². The predicted octanol–water partition coefficient (Wildman–Crippen LogP) is 1.95. The van der Waals surface area contributed by atoms with Gasteiger partial charge in [-0.3, -0.25) is 10.1 Å². The monoisotopic (exact) mass is 262 g/mol. The molecule has 1 atom stereocenters. The van der Waals surface area contributed by atoms with Gasteiger partial charge in [-0.05, 0) is 45.7 Å². The molecule has 5 heteroatoms. The maximum Gasteiger partial charge on any atom is 0.247 e. The number of nitrogens with zero attached hydrogens (tertiary/aromatic N) is 2. The third-order valence-corrected chi connectivity index (χ3v) is 3.56. The minimum absolute atomic E-state index is 0.00292. The summed E-state index contributed by atoms with van der Waals surface area (Å²) >= 11 is 0. The van der Waals surface area contributed by atoms with E-state index >= 15 is 0 Å². The highest BCUT2D eigenvalue weighted by atomic mass is 16.2. The van der Waals surface area contributed by atoms with Crippen LogP contribution in [-0.2, 0) is 4.79 Å². The molecule has 104 valence electrons. The lowest BCUT2D eigenvalue weighted by Crippen LogP contribution is -2.50. The number of aromatic nitrogens is 2. The summed E-state index contributed by atoms with van der Waals surface area (Å²) in [6, 6.07) is 1.89. The number of aryl methyl sites for hydroxylation is 2. The van der Waals surface area contributed by atoms with Gasteiger partial charge in [-0.2, -0.15) is 0 Å². The second-order valence-corrected chi connectivity index (χ2v) is 5.29. The molecule has 1 fully saturated rings. The van der Waals surface area contributed by atoms with Gasteiger partial charge in [0.15, 0.2) is 0 Å². The van der Waals surface area contributed by atoms with E-state index in [1.807, 2.05) is 19.9 Å². The first kappa shape index (κ1) is 13.9. The first-order valence-corrected chi connectivity index (χ1v) is 6.94. The van der Waals surface area contributed by atoms with E-state index in [0.717, 1.165) is 43.6 Å². The van der Waals surface area contributed by atoms with Crippen molar-refractivity contribution < 1.29 is 4.79 Å². The van der Waals surface area contributed by atoms with Crippen molar-refractivity contribution in [3.8, 4) is 0 Å². The zero-order valence-corrected chi connectivity index (χ0v) is 11.9. The number of carbonyl (C=O) groups is 1. The zero-order valence-electron chi connectivity index (χ0n) is 11.9. The molecule has 1 saturated heterocycles. The Morgan fingerprint density at radius 3 is 2.63 bits per heavy atom. The molecule has 1 aliphatic heterocycles. The number of nitrogens with one attached hydrogen (secondary N) is 2. The highest BCUT2D eigenvalue weighted by Crippen LogP contribution is 2.26. The molecule has 19 heavy (non-hydrogen) atoms. The molecule has 2 N–H and O–H groups in total. The third kappa shape index (κ3) is 3.10. The molecule has 2 rings (SSSR count). The Balaban J connectivity index is 2.14. The second-order valence-electron chi connectivity index (χ2n) is 5.29. The lowest BCUT2D eigenvalue weighted by molar-refractivity contribution is -0.122. The van der Waals surface area contributed by atoms with Crippen LogP contribution in [-0.4, -0.2) is 28.0 Å². The molecule has 0 saturated carbocycles. The maximum absolute atomic E-state index is 12.5. The van der Waals surface area contributed by atoms with Gasteiger partial charge in [0, 0.05) is 11.4 Å². The van der Waals surface area contributed by atoms with Gasteiger partial charge in [0.1, 0.15) is 0 Å². The summed E-state index contributed by atoms with van der Waals surface area (Å²) in [7, 11) is 0. The average Bonchev–Trinajstić information content (AvgIpc) is 2.78. The minimum atomic E-state index is -0.435. The molecule has 1 amide bonds. The summed E-state index contributed by atoms with van der Waals surface area (Å²) in [6.07, 6.45) is 3.76. The van der Waals surface area contributed by atoms with E-state index in [-0.39, 0.29) is 5.91 Å². The van der Waals surface area contributed by atoms with Crippen LogP contribution in [0.5, 0.6) is 0 Å². The Bertz CT molecular complexity index is 446. The number of rotatable bonds is 4. The van der Waals surface area contributed by atoms with E-state index in [1.165, 1.54) is 0 Å². The first-order valence-electron chi connectivity index (χ1n) is 6.94. The predicted molar refractivity (Wildman–Crippen MR) is 75.0 cm³/mol. The molecular formula is C14H22N4O. The topological polar surface area (TPSA) is 66.9 Å². The molecule has 2 heterocycles. The standard InChI is InChI=1S/C14H22N4O/c1-4-6-14(7-5-8-15-14)12(19)18-13-16-10(2)9-11(3)17-13/h9,15H,4-8H2,1-3H3,(H,16,17,18,19). The fraction of sp³-hybridized carbons (Fsp3) is 0.643. The average molecular weight is 262 g/mol. The van der Waals surface area contributed by atoms with Crippen LogP contribution < -0.4 is 10.6 Å². The van der Waals surface area contributed by atoms with Crippen LogP contribution in [0, 0.1) is 13.8 Å². The molecule has 1 aromatic heterocycles. The summed E-state index contributed by atoms with van der Waals surface area (Å²) in [5, 5.41) is 6.22. The van der Waals surface area contributed by atoms with Gasteiger partial charge in [-0.15, -0.1) is 0 Å². The fourth-order valence-electron chi connectivity index (χ4n) is 2.76. The molecule has 5 nitrogen and oxygen atoms in total.